The minimum atomic E-state index is -1.35. The predicted octanol–water partition coefficient (Wildman–Crippen LogP) is 2.53. The summed E-state index contributed by atoms with van der Waals surface area (Å²) in [6.45, 7) is 9.94. The Balaban J connectivity index is 2.08. The molecule has 1 nitrogen and oxygen atoms in total. The van der Waals surface area contributed by atoms with Crippen molar-refractivity contribution in [3.05, 3.63) is 36.7 Å². The third kappa shape index (κ3) is 1.53. The van der Waals surface area contributed by atoms with Crippen molar-refractivity contribution in [3.8, 4) is 0 Å². The zero-order valence-electron chi connectivity index (χ0n) is 8.78. The molecule has 2 aliphatic rings. The zero-order chi connectivity index (χ0) is 10.2. The Morgan fingerprint density at radius 2 is 2.14 bits per heavy atom. The van der Waals surface area contributed by atoms with E-state index in [1.807, 2.05) is 11.4 Å². The van der Waals surface area contributed by atoms with E-state index < -0.39 is 9.04 Å². The van der Waals surface area contributed by atoms with Gasteiger partial charge in [-0.05, 0) is 24.7 Å². The van der Waals surface area contributed by atoms with E-state index >= 15 is 0 Å². The summed E-state index contributed by atoms with van der Waals surface area (Å²) in [4.78, 5) is 0. The second-order valence-corrected chi connectivity index (χ2v) is 6.63. The predicted molar refractivity (Wildman–Crippen MR) is 62.4 cm³/mol. The average molecular weight is 206 g/mol. The molecule has 0 saturated heterocycles. The topological polar surface area (TPSA) is 9.23 Å². The fourth-order valence-electron chi connectivity index (χ4n) is 2.67. The Kier molecular flexibility index (Phi) is 2.50. The fourth-order valence-corrected chi connectivity index (χ4v) is 3.87. The number of fused-ring (bicyclic) bond motifs is 2. The Labute approximate surface area is 87.9 Å². The van der Waals surface area contributed by atoms with Gasteiger partial charge in [-0.3, -0.25) is 0 Å². The van der Waals surface area contributed by atoms with Crippen LogP contribution in [0.25, 0.3) is 0 Å². The van der Waals surface area contributed by atoms with Gasteiger partial charge in [-0.2, -0.15) is 0 Å². The summed E-state index contributed by atoms with van der Waals surface area (Å²) in [5.41, 5.74) is 3.95. The zero-order valence-corrected chi connectivity index (χ0v) is 9.93. The Morgan fingerprint density at radius 1 is 1.43 bits per heavy atom. The fraction of sp³-hybridized carbons (Fsp3) is 0.500. The number of allylic oxidation sites excluding steroid dienone is 1. The molecule has 0 aromatic heterocycles. The van der Waals surface area contributed by atoms with Gasteiger partial charge in [0.05, 0.1) is 5.60 Å². The smallest absolute Gasteiger partial charge is 0.225 e. The molecule has 3 unspecified atom stereocenters. The minimum absolute atomic E-state index is 0.0450. The van der Waals surface area contributed by atoms with Crippen molar-refractivity contribution in [1.29, 1.82) is 0 Å². The normalized spacial score (nSPS) is 39.3. The maximum absolute atomic E-state index is 6.17. The van der Waals surface area contributed by atoms with Crippen LogP contribution in [0.15, 0.2) is 36.7 Å². The molecule has 0 spiro atoms. The van der Waals surface area contributed by atoms with Crippen LogP contribution < -0.4 is 0 Å². The Hall–Kier alpha value is -0.603. The molecule has 1 saturated carbocycles. The first-order valence-electron chi connectivity index (χ1n) is 5.31. The largest absolute Gasteiger partial charge is 0.403 e. The van der Waals surface area contributed by atoms with E-state index in [2.05, 4.69) is 32.2 Å². The Morgan fingerprint density at radius 3 is 2.57 bits per heavy atom. The van der Waals surface area contributed by atoms with Crippen LogP contribution >= 0.6 is 0 Å². The van der Waals surface area contributed by atoms with Gasteiger partial charge in [0.1, 0.15) is 0 Å². The summed E-state index contributed by atoms with van der Waals surface area (Å²) in [7, 11) is -1.35. The first-order chi connectivity index (χ1) is 6.69. The van der Waals surface area contributed by atoms with Crippen LogP contribution in [0.2, 0.25) is 0 Å². The van der Waals surface area contributed by atoms with Gasteiger partial charge in [-0.25, -0.2) is 0 Å². The average Bonchev–Trinajstić information content (AvgIpc) is 2.71. The van der Waals surface area contributed by atoms with Crippen molar-refractivity contribution in [1.82, 2.24) is 0 Å². The Bertz CT molecular complexity index is 276. The van der Waals surface area contributed by atoms with Gasteiger partial charge >= 0.3 is 0 Å². The van der Waals surface area contributed by atoms with E-state index in [0.717, 1.165) is 11.8 Å². The lowest BCUT2D eigenvalue weighted by Crippen LogP contribution is -2.32. The van der Waals surface area contributed by atoms with E-state index in [0.29, 0.717) is 0 Å². The van der Waals surface area contributed by atoms with Crippen molar-refractivity contribution >= 4 is 9.04 Å². The summed E-state index contributed by atoms with van der Waals surface area (Å²) in [5.74, 6) is 1.53. The lowest BCUT2D eigenvalue weighted by atomic mass is 9.95. The maximum Gasteiger partial charge on any atom is 0.225 e. The summed E-state index contributed by atoms with van der Waals surface area (Å²) in [6, 6.07) is 0. The number of hydrogen-bond donors (Lipinski definition) is 0. The van der Waals surface area contributed by atoms with Crippen LogP contribution in [0.1, 0.15) is 19.8 Å². The summed E-state index contributed by atoms with van der Waals surface area (Å²) in [6.07, 6.45) is 6.95. The van der Waals surface area contributed by atoms with Gasteiger partial charge in [0.15, 0.2) is 0 Å². The van der Waals surface area contributed by atoms with E-state index in [-0.39, 0.29) is 5.60 Å². The SMILES string of the molecule is C=C[SiH](C=C)OC12C=CC(C1)C(C)C2. The molecule has 76 valence electrons. The highest BCUT2D eigenvalue weighted by Crippen LogP contribution is 2.48. The second-order valence-electron chi connectivity index (χ2n) is 4.53. The van der Waals surface area contributed by atoms with Crippen LogP contribution in [0.3, 0.4) is 0 Å². The number of hydrogen-bond acceptors (Lipinski definition) is 1. The number of rotatable bonds is 4. The van der Waals surface area contributed by atoms with Crippen molar-refractivity contribution < 1.29 is 4.43 Å². The van der Waals surface area contributed by atoms with Crippen molar-refractivity contribution in [2.24, 2.45) is 11.8 Å². The third-order valence-electron chi connectivity index (χ3n) is 3.46. The highest BCUT2D eigenvalue weighted by Gasteiger charge is 2.46. The minimum Gasteiger partial charge on any atom is -0.403 e. The van der Waals surface area contributed by atoms with Crippen molar-refractivity contribution in [3.63, 3.8) is 0 Å². The highest BCUT2D eigenvalue weighted by atomic mass is 28.3. The lowest BCUT2D eigenvalue weighted by Gasteiger charge is -2.28. The van der Waals surface area contributed by atoms with Gasteiger partial charge in [-0.1, -0.05) is 30.5 Å². The van der Waals surface area contributed by atoms with Gasteiger partial charge in [0.2, 0.25) is 9.04 Å². The monoisotopic (exact) mass is 206 g/mol. The second kappa shape index (κ2) is 3.52. The van der Waals surface area contributed by atoms with Crippen LogP contribution in [-0.2, 0) is 4.43 Å². The van der Waals surface area contributed by atoms with Crippen LogP contribution in [0.5, 0.6) is 0 Å². The summed E-state index contributed by atoms with van der Waals surface area (Å²) in [5, 5.41) is 0. The molecule has 0 aliphatic heterocycles. The standard InChI is InChI=1S/C12H18OSi/c1-4-14(5-2)13-12-7-6-11(9-12)10(3)8-12/h4-7,10-11,14H,1-2,8-9H2,3H3. The molecule has 0 amide bonds. The van der Waals surface area contributed by atoms with Crippen LogP contribution in [0.4, 0.5) is 0 Å². The molecular weight excluding hydrogens is 188 g/mol. The molecule has 0 radical (unpaired) electrons. The van der Waals surface area contributed by atoms with Gasteiger partial charge in [0, 0.05) is 0 Å². The molecule has 2 bridgehead atoms. The quantitative estimate of drug-likeness (QED) is 0.507. The molecule has 0 heterocycles. The van der Waals surface area contributed by atoms with Crippen molar-refractivity contribution in [2.75, 3.05) is 0 Å². The van der Waals surface area contributed by atoms with Gasteiger partial charge in [0.25, 0.3) is 0 Å². The van der Waals surface area contributed by atoms with Crippen molar-refractivity contribution in [2.45, 2.75) is 25.4 Å². The molecule has 0 aromatic rings. The van der Waals surface area contributed by atoms with E-state index in [9.17, 15) is 0 Å². The lowest BCUT2D eigenvalue weighted by molar-refractivity contribution is 0.131. The molecule has 2 rings (SSSR count). The molecule has 0 N–H and O–H groups in total. The van der Waals surface area contributed by atoms with Gasteiger partial charge < -0.3 is 4.43 Å². The molecule has 1 fully saturated rings. The van der Waals surface area contributed by atoms with Crippen LogP contribution in [-0.4, -0.2) is 14.6 Å². The summed E-state index contributed by atoms with van der Waals surface area (Å²) >= 11 is 0. The third-order valence-corrected chi connectivity index (χ3v) is 5.13. The first-order valence-corrected chi connectivity index (χ1v) is 7.12. The molecular formula is C12H18OSi. The first kappa shape index (κ1) is 9.93. The molecule has 2 aliphatic carbocycles. The molecule has 0 aromatic carbocycles. The molecule has 2 heteroatoms. The molecule has 14 heavy (non-hydrogen) atoms. The summed E-state index contributed by atoms with van der Waals surface area (Å²) < 4.78 is 6.17. The van der Waals surface area contributed by atoms with Gasteiger partial charge in [-0.15, -0.1) is 13.2 Å². The maximum atomic E-state index is 6.17. The molecule has 3 atom stereocenters. The highest BCUT2D eigenvalue weighted by molar-refractivity contribution is 6.63. The van der Waals surface area contributed by atoms with E-state index in [4.69, 9.17) is 4.43 Å². The van der Waals surface area contributed by atoms with E-state index in [1.165, 1.54) is 12.8 Å². The van der Waals surface area contributed by atoms with Crippen LogP contribution in [0, 0.1) is 11.8 Å². The van der Waals surface area contributed by atoms with E-state index in [1.54, 1.807) is 0 Å².